The summed E-state index contributed by atoms with van der Waals surface area (Å²) in [6.07, 6.45) is 0.327. The van der Waals surface area contributed by atoms with E-state index < -0.39 is 11.2 Å². The first-order valence-corrected chi connectivity index (χ1v) is 5.81. The second kappa shape index (κ2) is 3.90. The van der Waals surface area contributed by atoms with Crippen LogP contribution in [0.5, 0.6) is 11.6 Å². The van der Waals surface area contributed by atoms with Crippen LogP contribution in [0.25, 0.3) is 0 Å². The highest BCUT2D eigenvalue weighted by atomic mass is 35.5. The molecule has 2 heterocycles. The Kier molecular flexibility index (Phi) is 2.46. The van der Waals surface area contributed by atoms with E-state index in [2.05, 4.69) is 9.97 Å². The molecule has 0 spiro atoms. The SMILES string of the molecule is O=c1[nH]c2c(c(=O)[nH]1)Cc1cc(Cl)c(Cl)cc1O2. The molecule has 0 atom stereocenters. The summed E-state index contributed by atoms with van der Waals surface area (Å²) in [6.45, 7) is 0. The summed E-state index contributed by atoms with van der Waals surface area (Å²) in [7, 11) is 0. The van der Waals surface area contributed by atoms with Crippen molar-refractivity contribution >= 4 is 23.2 Å². The highest BCUT2D eigenvalue weighted by Crippen LogP contribution is 2.37. The van der Waals surface area contributed by atoms with Crippen LogP contribution in [0.2, 0.25) is 10.0 Å². The first-order valence-electron chi connectivity index (χ1n) is 5.06. The summed E-state index contributed by atoms with van der Waals surface area (Å²) >= 11 is 11.8. The third kappa shape index (κ3) is 1.72. The molecule has 0 amide bonds. The van der Waals surface area contributed by atoms with E-state index in [0.29, 0.717) is 27.8 Å². The Morgan fingerprint density at radius 2 is 1.83 bits per heavy atom. The molecular formula is C11H6Cl2N2O3. The lowest BCUT2D eigenvalue weighted by Crippen LogP contribution is -2.27. The zero-order valence-corrected chi connectivity index (χ0v) is 10.4. The van der Waals surface area contributed by atoms with Crippen LogP contribution in [-0.4, -0.2) is 9.97 Å². The number of hydrogen-bond donors (Lipinski definition) is 2. The van der Waals surface area contributed by atoms with Crippen molar-refractivity contribution in [1.29, 1.82) is 0 Å². The van der Waals surface area contributed by atoms with Crippen LogP contribution < -0.4 is 16.0 Å². The van der Waals surface area contributed by atoms with Crippen molar-refractivity contribution in [2.45, 2.75) is 6.42 Å². The molecule has 0 bridgehead atoms. The van der Waals surface area contributed by atoms with Crippen molar-refractivity contribution in [3.8, 4) is 11.6 Å². The molecule has 5 nitrogen and oxygen atoms in total. The molecule has 0 fully saturated rings. The topological polar surface area (TPSA) is 75.0 Å². The standard InChI is InChI=1S/C11H6Cl2N2O3/c12-6-2-4-1-5-9(16)14-11(17)15-10(5)18-8(4)3-7(6)13/h2-3H,1H2,(H2,14,15,16,17). The first-order chi connectivity index (χ1) is 8.54. The second-order valence-electron chi connectivity index (χ2n) is 3.87. The average Bonchev–Trinajstić information content (AvgIpc) is 2.29. The van der Waals surface area contributed by atoms with E-state index in [1.807, 2.05) is 0 Å². The number of nitrogens with one attached hydrogen (secondary N) is 2. The second-order valence-corrected chi connectivity index (χ2v) is 4.68. The van der Waals surface area contributed by atoms with Gasteiger partial charge in [-0.05, 0) is 6.07 Å². The molecule has 3 rings (SSSR count). The minimum Gasteiger partial charge on any atom is -0.440 e. The number of ether oxygens (including phenoxy) is 1. The highest BCUT2D eigenvalue weighted by Gasteiger charge is 2.22. The molecule has 1 aliphatic heterocycles. The van der Waals surface area contributed by atoms with E-state index >= 15 is 0 Å². The van der Waals surface area contributed by atoms with E-state index in [1.54, 1.807) is 12.1 Å². The fraction of sp³-hybridized carbons (Fsp3) is 0.0909. The van der Waals surface area contributed by atoms with Crippen LogP contribution in [0, 0.1) is 0 Å². The van der Waals surface area contributed by atoms with Gasteiger partial charge in [-0.3, -0.25) is 14.8 Å². The Bertz CT molecular complexity index is 764. The maximum absolute atomic E-state index is 11.6. The van der Waals surface area contributed by atoms with Crippen molar-refractivity contribution < 1.29 is 4.74 Å². The molecule has 2 aromatic rings. The maximum atomic E-state index is 11.6. The molecular weight excluding hydrogens is 279 g/mol. The van der Waals surface area contributed by atoms with Gasteiger partial charge in [0.1, 0.15) is 5.75 Å². The van der Waals surface area contributed by atoms with Gasteiger partial charge in [0.2, 0.25) is 5.88 Å². The molecule has 92 valence electrons. The van der Waals surface area contributed by atoms with Crippen molar-refractivity contribution in [2.75, 3.05) is 0 Å². The summed E-state index contributed by atoms with van der Waals surface area (Å²) in [5.41, 5.74) is 0.0303. The summed E-state index contributed by atoms with van der Waals surface area (Å²) in [5, 5.41) is 0.745. The number of halogens is 2. The van der Waals surface area contributed by atoms with Crippen LogP contribution >= 0.6 is 23.2 Å². The van der Waals surface area contributed by atoms with Gasteiger partial charge in [-0.1, -0.05) is 23.2 Å². The minimum absolute atomic E-state index is 0.148. The maximum Gasteiger partial charge on any atom is 0.328 e. The fourth-order valence-electron chi connectivity index (χ4n) is 1.84. The number of rotatable bonds is 0. The zero-order valence-electron chi connectivity index (χ0n) is 8.84. The van der Waals surface area contributed by atoms with E-state index in [1.165, 1.54) is 0 Å². The van der Waals surface area contributed by atoms with Gasteiger partial charge in [0.25, 0.3) is 5.56 Å². The van der Waals surface area contributed by atoms with Gasteiger partial charge in [-0.2, -0.15) is 0 Å². The van der Waals surface area contributed by atoms with Crippen LogP contribution in [0.4, 0.5) is 0 Å². The Hall–Kier alpha value is -1.72. The summed E-state index contributed by atoms with van der Waals surface area (Å²) in [4.78, 5) is 27.4. The predicted octanol–water partition coefficient (Wildman–Crippen LogP) is 2.07. The Balaban J connectivity index is 2.21. The molecule has 7 heteroatoms. The zero-order chi connectivity index (χ0) is 12.9. The van der Waals surface area contributed by atoms with Gasteiger partial charge < -0.3 is 4.74 Å². The van der Waals surface area contributed by atoms with Crippen LogP contribution in [-0.2, 0) is 6.42 Å². The first kappa shape index (κ1) is 11.4. The van der Waals surface area contributed by atoms with Gasteiger partial charge >= 0.3 is 5.69 Å². The number of benzene rings is 1. The van der Waals surface area contributed by atoms with E-state index in [0.717, 1.165) is 5.56 Å². The largest absolute Gasteiger partial charge is 0.440 e. The Morgan fingerprint density at radius 3 is 2.61 bits per heavy atom. The quantitative estimate of drug-likeness (QED) is 0.664. The van der Waals surface area contributed by atoms with Crippen LogP contribution in [0.1, 0.15) is 11.1 Å². The van der Waals surface area contributed by atoms with Gasteiger partial charge in [0.05, 0.1) is 15.6 Å². The van der Waals surface area contributed by atoms with Crippen molar-refractivity contribution in [3.05, 3.63) is 54.1 Å². The summed E-state index contributed by atoms with van der Waals surface area (Å²) < 4.78 is 5.46. The van der Waals surface area contributed by atoms with Crippen molar-refractivity contribution in [3.63, 3.8) is 0 Å². The molecule has 0 unspecified atom stereocenters. The molecule has 1 aliphatic rings. The molecule has 2 N–H and O–H groups in total. The predicted molar refractivity (Wildman–Crippen MR) is 67.0 cm³/mol. The fourth-order valence-corrected chi connectivity index (χ4v) is 2.18. The lowest BCUT2D eigenvalue weighted by Gasteiger charge is -2.19. The van der Waals surface area contributed by atoms with E-state index in [9.17, 15) is 9.59 Å². The number of aromatic amines is 2. The van der Waals surface area contributed by atoms with Crippen LogP contribution in [0.15, 0.2) is 21.7 Å². The van der Waals surface area contributed by atoms with Crippen LogP contribution in [0.3, 0.4) is 0 Å². The smallest absolute Gasteiger partial charge is 0.328 e. The number of hydrogen-bond acceptors (Lipinski definition) is 3. The summed E-state index contributed by atoms with van der Waals surface area (Å²) in [5.74, 6) is 0.632. The van der Waals surface area contributed by atoms with Gasteiger partial charge in [0, 0.05) is 18.1 Å². The number of H-pyrrole nitrogens is 2. The average molecular weight is 285 g/mol. The molecule has 1 aromatic heterocycles. The monoisotopic (exact) mass is 284 g/mol. The molecule has 0 saturated heterocycles. The summed E-state index contributed by atoms with van der Waals surface area (Å²) in [6, 6.07) is 3.20. The van der Waals surface area contributed by atoms with Crippen molar-refractivity contribution in [1.82, 2.24) is 9.97 Å². The third-order valence-corrected chi connectivity index (χ3v) is 3.41. The minimum atomic E-state index is -0.609. The molecule has 0 aliphatic carbocycles. The van der Waals surface area contributed by atoms with Gasteiger partial charge in [-0.25, -0.2) is 4.79 Å². The van der Waals surface area contributed by atoms with Gasteiger partial charge in [0.15, 0.2) is 0 Å². The molecule has 18 heavy (non-hydrogen) atoms. The number of aromatic nitrogens is 2. The highest BCUT2D eigenvalue weighted by molar-refractivity contribution is 6.42. The normalized spacial score (nSPS) is 12.6. The molecule has 0 radical (unpaired) electrons. The van der Waals surface area contributed by atoms with E-state index in [4.69, 9.17) is 27.9 Å². The third-order valence-electron chi connectivity index (χ3n) is 2.68. The Labute approximate surface area is 110 Å². The Morgan fingerprint density at radius 1 is 1.11 bits per heavy atom. The molecule has 0 saturated carbocycles. The number of fused-ring (bicyclic) bond motifs is 2. The van der Waals surface area contributed by atoms with E-state index in [-0.39, 0.29) is 5.88 Å². The lowest BCUT2D eigenvalue weighted by atomic mass is 10.0. The van der Waals surface area contributed by atoms with Crippen molar-refractivity contribution in [2.24, 2.45) is 0 Å². The molecule has 1 aromatic carbocycles. The lowest BCUT2D eigenvalue weighted by molar-refractivity contribution is 0.435. The van der Waals surface area contributed by atoms with Gasteiger partial charge in [-0.15, -0.1) is 0 Å².